The highest BCUT2D eigenvalue weighted by atomic mass is 16.1. The van der Waals surface area contributed by atoms with Gasteiger partial charge >= 0.3 is 0 Å². The van der Waals surface area contributed by atoms with Gasteiger partial charge in [0.05, 0.1) is 0 Å². The molecule has 1 heterocycles. The van der Waals surface area contributed by atoms with Crippen LogP contribution in [0.2, 0.25) is 0 Å². The molecule has 0 radical (unpaired) electrons. The summed E-state index contributed by atoms with van der Waals surface area (Å²) in [5.74, 6) is 0. The Labute approximate surface area is 90.0 Å². The first-order valence-corrected chi connectivity index (χ1v) is 4.92. The standard InChI is InChI=1S/C12H16N2O/c1-8-7-14(12(3,4)5)11(15)10(6-13)9(8)2/h7H,1-5H3. The lowest BCUT2D eigenvalue weighted by Crippen LogP contribution is -2.35. The Morgan fingerprint density at radius 1 is 1.33 bits per heavy atom. The average Bonchev–Trinajstić information content (AvgIpc) is 2.10. The molecule has 3 heteroatoms. The van der Waals surface area contributed by atoms with Crippen molar-refractivity contribution in [1.29, 1.82) is 5.26 Å². The third-order valence-corrected chi connectivity index (χ3v) is 2.56. The molecule has 1 aromatic rings. The quantitative estimate of drug-likeness (QED) is 0.649. The molecule has 0 bridgehead atoms. The highest BCUT2D eigenvalue weighted by Gasteiger charge is 2.18. The Balaban J connectivity index is 3.69. The van der Waals surface area contributed by atoms with Gasteiger partial charge in [-0.05, 0) is 45.7 Å². The first-order valence-electron chi connectivity index (χ1n) is 4.92. The Morgan fingerprint density at radius 3 is 2.27 bits per heavy atom. The number of pyridine rings is 1. The fraction of sp³-hybridized carbons (Fsp3) is 0.500. The van der Waals surface area contributed by atoms with Crippen molar-refractivity contribution < 1.29 is 0 Å². The van der Waals surface area contributed by atoms with Crippen LogP contribution in [-0.4, -0.2) is 4.57 Å². The van der Waals surface area contributed by atoms with Gasteiger partial charge < -0.3 is 4.57 Å². The molecule has 0 aliphatic heterocycles. The zero-order valence-corrected chi connectivity index (χ0v) is 9.88. The van der Waals surface area contributed by atoms with Gasteiger partial charge in [0.15, 0.2) is 0 Å². The van der Waals surface area contributed by atoms with E-state index in [0.29, 0.717) is 0 Å². The van der Waals surface area contributed by atoms with Crippen molar-refractivity contribution in [2.45, 2.75) is 40.2 Å². The predicted molar refractivity (Wildman–Crippen MR) is 59.9 cm³/mol. The summed E-state index contributed by atoms with van der Waals surface area (Å²) in [6.07, 6.45) is 1.82. The molecule has 0 aliphatic rings. The molecule has 0 saturated heterocycles. The van der Waals surface area contributed by atoms with Gasteiger partial charge in [-0.1, -0.05) is 0 Å². The molecule has 1 aromatic heterocycles. The molecular weight excluding hydrogens is 188 g/mol. The molecule has 0 fully saturated rings. The minimum Gasteiger partial charge on any atom is -0.309 e. The zero-order valence-electron chi connectivity index (χ0n) is 9.88. The number of nitrogens with zero attached hydrogens (tertiary/aromatic N) is 2. The maximum absolute atomic E-state index is 12.0. The number of aryl methyl sites for hydroxylation is 1. The Hall–Kier alpha value is -1.56. The Kier molecular flexibility index (Phi) is 2.72. The van der Waals surface area contributed by atoms with Crippen LogP contribution in [-0.2, 0) is 5.54 Å². The van der Waals surface area contributed by atoms with E-state index in [0.717, 1.165) is 11.1 Å². The van der Waals surface area contributed by atoms with Crippen LogP contribution in [0.5, 0.6) is 0 Å². The van der Waals surface area contributed by atoms with Crippen molar-refractivity contribution in [3.63, 3.8) is 0 Å². The average molecular weight is 204 g/mol. The van der Waals surface area contributed by atoms with Gasteiger partial charge in [0.25, 0.3) is 5.56 Å². The highest BCUT2D eigenvalue weighted by molar-refractivity contribution is 5.39. The van der Waals surface area contributed by atoms with E-state index >= 15 is 0 Å². The maximum atomic E-state index is 12.0. The van der Waals surface area contributed by atoms with Crippen molar-refractivity contribution in [3.05, 3.63) is 33.2 Å². The van der Waals surface area contributed by atoms with E-state index in [1.165, 1.54) is 0 Å². The van der Waals surface area contributed by atoms with Crippen molar-refractivity contribution in [2.24, 2.45) is 0 Å². The van der Waals surface area contributed by atoms with E-state index in [1.807, 2.05) is 46.9 Å². The van der Waals surface area contributed by atoms with E-state index in [1.54, 1.807) is 4.57 Å². The highest BCUT2D eigenvalue weighted by Crippen LogP contribution is 2.15. The summed E-state index contributed by atoms with van der Waals surface area (Å²) < 4.78 is 1.62. The van der Waals surface area contributed by atoms with Crippen molar-refractivity contribution in [3.8, 4) is 6.07 Å². The zero-order chi connectivity index (χ0) is 11.8. The third kappa shape index (κ3) is 1.94. The summed E-state index contributed by atoms with van der Waals surface area (Å²) in [4.78, 5) is 12.0. The first-order chi connectivity index (χ1) is 6.79. The smallest absolute Gasteiger partial charge is 0.269 e. The molecule has 0 N–H and O–H groups in total. The van der Waals surface area contributed by atoms with Crippen molar-refractivity contribution in [2.75, 3.05) is 0 Å². The van der Waals surface area contributed by atoms with Gasteiger partial charge in [-0.25, -0.2) is 0 Å². The lowest BCUT2D eigenvalue weighted by atomic mass is 10.0. The van der Waals surface area contributed by atoms with Crippen molar-refractivity contribution in [1.82, 2.24) is 4.57 Å². The summed E-state index contributed by atoms with van der Waals surface area (Å²) in [7, 11) is 0. The topological polar surface area (TPSA) is 45.8 Å². The number of hydrogen-bond acceptors (Lipinski definition) is 2. The number of aromatic nitrogens is 1. The SMILES string of the molecule is Cc1cn(C(C)(C)C)c(=O)c(C#N)c1C. The second kappa shape index (κ2) is 3.54. The van der Waals surface area contributed by atoms with Crippen LogP contribution in [0.25, 0.3) is 0 Å². The van der Waals surface area contributed by atoms with Crippen LogP contribution in [0.3, 0.4) is 0 Å². The summed E-state index contributed by atoms with van der Waals surface area (Å²) >= 11 is 0. The molecule has 0 amide bonds. The van der Waals surface area contributed by atoms with Crippen LogP contribution in [0, 0.1) is 25.2 Å². The molecule has 0 atom stereocenters. The number of hydrogen-bond donors (Lipinski definition) is 0. The molecule has 0 aliphatic carbocycles. The normalized spacial score (nSPS) is 11.2. The van der Waals surface area contributed by atoms with Gasteiger partial charge in [-0.2, -0.15) is 5.26 Å². The van der Waals surface area contributed by atoms with Crippen LogP contribution in [0.15, 0.2) is 11.0 Å². The Bertz CT molecular complexity index is 484. The number of nitriles is 1. The summed E-state index contributed by atoms with van der Waals surface area (Å²) in [5, 5.41) is 8.95. The van der Waals surface area contributed by atoms with Gasteiger partial charge in [0.2, 0.25) is 0 Å². The molecule has 0 spiro atoms. The van der Waals surface area contributed by atoms with E-state index in [9.17, 15) is 4.79 Å². The fourth-order valence-electron chi connectivity index (χ4n) is 1.46. The second-order valence-electron chi connectivity index (χ2n) is 4.77. The van der Waals surface area contributed by atoms with E-state index in [-0.39, 0.29) is 16.7 Å². The maximum Gasteiger partial charge on any atom is 0.269 e. The molecule has 1 rings (SSSR count). The van der Waals surface area contributed by atoms with Gasteiger partial charge in [-0.3, -0.25) is 4.79 Å². The molecule has 0 saturated carbocycles. The van der Waals surface area contributed by atoms with Gasteiger partial charge in [0, 0.05) is 11.7 Å². The van der Waals surface area contributed by atoms with Crippen LogP contribution < -0.4 is 5.56 Å². The third-order valence-electron chi connectivity index (χ3n) is 2.56. The summed E-state index contributed by atoms with van der Waals surface area (Å²) in [6.45, 7) is 9.57. The Morgan fingerprint density at radius 2 is 1.87 bits per heavy atom. The van der Waals surface area contributed by atoms with Crippen LogP contribution in [0.1, 0.15) is 37.5 Å². The monoisotopic (exact) mass is 204 g/mol. The van der Waals surface area contributed by atoms with Crippen molar-refractivity contribution >= 4 is 0 Å². The van der Waals surface area contributed by atoms with Crippen LogP contribution >= 0.6 is 0 Å². The van der Waals surface area contributed by atoms with Gasteiger partial charge in [-0.15, -0.1) is 0 Å². The lowest BCUT2D eigenvalue weighted by molar-refractivity contribution is 0.382. The second-order valence-corrected chi connectivity index (χ2v) is 4.77. The summed E-state index contributed by atoms with van der Waals surface area (Å²) in [5.41, 5.74) is 1.52. The van der Waals surface area contributed by atoms with E-state index < -0.39 is 0 Å². The van der Waals surface area contributed by atoms with E-state index in [4.69, 9.17) is 5.26 Å². The lowest BCUT2D eigenvalue weighted by Gasteiger charge is -2.23. The molecule has 0 aromatic carbocycles. The minimum atomic E-state index is -0.291. The molecule has 80 valence electrons. The summed E-state index contributed by atoms with van der Waals surface area (Å²) in [6, 6.07) is 1.98. The van der Waals surface area contributed by atoms with E-state index in [2.05, 4.69) is 0 Å². The minimum absolute atomic E-state index is 0.201. The fourth-order valence-corrected chi connectivity index (χ4v) is 1.46. The first kappa shape index (κ1) is 11.5. The molecule has 15 heavy (non-hydrogen) atoms. The molecule has 0 unspecified atom stereocenters. The largest absolute Gasteiger partial charge is 0.309 e. The molecule has 3 nitrogen and oxygen atoms in total. The van der Waals surface area contributed by atoms with Crippen LogP contribution in [0.4, 0.5) is 0 Å². The molecular formula is C12H16N2O. The number of rotatable bonds is 0. The van der Waals surface area contributed by atoms with Gasteiger partial charge in [0.1, 0.15) is 11.6 Å². The predicted octanol–water partition coefficient (Wildman–Crippen LogP) is 2.09.